The summed E-state index contributed by atoms with van der Waals surface area (Å²) in [4.78, 5) is 24.0. The molecule has 0 bridgehead atoms. The lowest BCUT2D eigenvalue weighted by Crippen LogP contribution is -2.40. The lowest BCUT2D eigenvalue weighted by molar-refractivity contribution is -0.125. The topological polar surface area (TPSA) is 103 Å². The van der Waals surface area contributed by atoms with Gasteiger partial charge in [0.1, 0.15) is 34.7 Å². The number of fused-ring (bicyclic) bond motifs is 1. The lowest BCUT2D eigenvalue weighted by atomic mass is 9.95. The zero-order chi connectivity index (χ0) is 25.1. The molecule has 36 heavy (non-hydrogen) atoms. The molecule has 0 atom stereocenters. The fraction of sp³-hybridized carbons (Fsp3) is 0.333. The van der Waals surface area contributed by atoms with E-state index in [2.05, 4.69) is 25.3 Å². The Balaban J connectivity index is 1.27. The molecule has 1 aliphatic rings. The smallest absolute Gasteiger partial charge is 0.263 e. The van der Waals surface area contributed by atoms with Gasteiger partial charge in [0.25, 0.3) is 5.71 Å². The quantitative estimate of drug-likeness (QED) is 0.415. The minimum absolute atomic E-state index is 0.0395. The van der Waals surface area contributed by atoms with Crippen LogP contribution in [-0.4, -0.2) is 48.3 Å². The Morgan fingerprint density at radius 3 is 2.58 bits per heavy atom. The zero-order valence-corrected chi connectivity index (χ0v) is 20.7. The number of hydrogen-bond donors (Lipinski definition) is 1. The highest BCUT2D eigenvalue weighted by atomic mass is 16.5. The van der Waals surface area contributed by atoms with Crippen LogP contribution < -0.4 is 19.7 Å². The molecule has 1 amide bonds. The van der Waals surface area contributed by atoms with Crippen molar-refractivity contribution in [2.75, 3.05) is 32.2 Å². The molecule has 1 N–H and O–H groups in total. The van der Waals surface area contributed by atoms with Crippen molar-refractivity contribution in [2.24, 2.45) is 5.92 Å². The predicted molar refractivity (Wildman–Crippen MR) is 136 cm³/mol. The number of hydrogen-bond acceptors (Lipinski definition) is 8. The van der Waals surface area contributed by atoms with Crippen molar-refractivity contribution < 1.29 is 18.8 Å². The van der Waals surface area contributed by atoms with Crippen LogP contribution in [0.3, 0.4) is 0 Å². The lowest BCUT2D eigenvalue weighted by Gasteiger charge is -2.32. The van der Waals surface area contributed by atoms with E-state index in [1.165, 1.54) is 11.9 Å². The van der Waals surface area contributed by atoms with Crippen LogP contribution in [0.15, 0.2) is 53.3 Å². The summed E-state index contributed by atoms with van der Waals surface area (Å²) in [6.45, 7) is 3.83. The fourth-order valence-corrected chi connectivity index (χ4v) is 4.62. The summed E-state index contributed by atoms with van der Waals surface area (Å²) >= 11 is 0. The second-order valence-electron chi connectivity index (χ2n) is 8.93. The molecule has 2 aromatic carbocycles. The number of nitrogens with zero attached hydrogens (tertiary/aromatic N) is 4. The maximum atomic E-state index is 13.0. The third-order valence-electron chi connectivity index (χ3n) is 6.68. The molecule has 0 unspecified atom stereocenters. The van der Waals surface area contributed by atoms with E-state index in [0.29, 0.717) is 25.3 Å². The molecule has 0 radical (unpaired) electrons. The van der Waals surface area contributed by atoms with Gasteiger partial charge in [0.05, 0.1) is 14.2 Å². The minimum Gasteiger partial charge on any atom is -0.497 e. The molecule has 4 aromatic rings. The number of aryl methyl sites for hydroxylation is 1. The van der Waals surface area contributed by atoms with E-state index in [4.69, 9.17) is 14.0 Å². The molecule has 1 saturated heterocycles. The van der Waals surface area contributed by atoms with Gasteiger partial charge in [-0.1, -0.05) is 35.0 Å². The molecule has 5 rings (SSSR count). The Hall–Kier alpha value is -4.14. The predicted octanol–water partition coefficient (Wildman–Crippen LogP) is 4.14. The van der Waals surface area contributed by atoms with Crippen LogP contribution in [0.1, 0.15) is 24.0 Å². The number of rotatable bonds is 7. The molecule has 0 spiro atoms. The molecule has 1 aliphatic heterocycles. The summed E-state index contributed by atoms with van der Waals surface area (Å²) in [6, 6.07) is 13.7. The van der Waals surface area contributed by atoms with E-state index in [1.807, 2.05) is 49.4 Å². The van der Waals surface area contributed by atoms with Crippen LogP contribution in [0.5, 0.6) is 11.5 Å². The highest BCUT2D eigenvalue weighted by Crippen LogP contribution is 2.35. The number of amides is 1. The fourth-order valence-electron chi connectivity index (χ4n) is 4.62. The van der Waals surface area contributed by atoms with Crippen LogP contribution in [0.4, 0.5) is 5.82 Å². The second kappa shape index (κ2) is 10.2. The summed E-state index contributed by atoms with van der Waals surface area (Å²) in [5, 5.41) is 8.15. The van der Waals surface area contributed by atoms with Crippen molar-refractivity contribution in [1.82, 2.24) is 20.4 Å². The van der Waals surface area contributed by atoms with Crippen molar-refractivity contribution >= 4 is 22.8 Å². The normalized spacial score (nSPS) is 14.1. The molecular weight excluding hydrogens is 458 g/mol. The van der Waals surface area contributed by atoms with E-state index >= 15 is 0 Å². The second-order valence-corrected chi connectivity index (χ2v) is 8.93. The van der Waals surface area contributed by atoms with E-state index in [1.54, 1.807) is 14.2 Å². The Labute approximate surface area is 209 Å². The number of carbonyl (C=O) groups is 1. The van der Waals surface area contributed by atoms with Crippen molar-refractivity contribution in [3.8, 4) is 22.8 Å². The first-order valence-corrected chi connectivity index (χ1v) is 12.0. The molecule has 9 nitrogen and oxygen atoms in total. The minimum atomic E-state index is -0.0748. The number of aromatic nitrogens is 3. The average molecular weight is 488 g/mol. The summed E-state index contributed by atoms with van der Waals surface area (Å²) in [6.07, 6.45) is 2.94. The first-order chi connectivity index (χ1) is 17.6. The molecule has 2 aromatic heterocycles. The third kappa shape index (κ3) is 4.68. The highest BCUT2D eigenvalue weighted by Gasteiger charge is 2.28. The summed E-state index contributed by atoms with van der Waals surface area (Å²) in [5.74, 6) is 2.20. The van der Waals surface area contributed by atoms with Gasteiger partial charge in [-0.25, -0.2) is 4.98 Å². The Morgan fingerprint density at radius 2 is 1.86 bits per heavy atom. The molecule has 1 fully saturated rings. The molecular formula is C27H29N5O4. The van der Waals surface area contributed by atoms with Gasteiger partial charge in [0.15, 0.2) is 0 Å². The first kappa shape index (κ1) is 23.6. The number of piperidine rings is 1. The van der Waals surface area contributed by atoms with Crippen molar-refractivity contribution in [3.05, 3.63) is 59.9 Å². The Morgan fingerprint density at radius 1 is 1.08 bits per heavy atom. The summed E-state index contributed by atoms with van der Waals surface area (Å²) in [5.41, 5.74) is 4.20. The monoisotopic (exact) mass is 487 g/mol. The van der Waals surface area contributed by atoms with Gasteiger partial charge in [-0.05, 0) is 38.0 Å². The van der Waals surface area contributed by atoms with E-state index in [0.717, 1.165) is 52.4 Å². The van der Waals surface area contributed by atoms with E-state index in [-0.39, 0.29) is 11.8 Å². The number of ether oxygens (including phenoxy) is 2. The first-order valence-electron chi connectivity index (χ1n) is 12.0. The van der Waals surface area contributed by atoms with Gasteiger partial charge in [-0.2, -0.15) is 4.98 Å². The standard InChI is InChI=1S/C27H29N5O4/c1-17-4-6-18(7-5-17)24-23-25(29-16-30-27(23)36-31-24)32-12-10-19(11-13-32)26(33)28-15-20-14-21(34-2)8-9-22(20)35-3/h4-9,14,16,19H,10-13,15H2,1-3H3,(H,28,33). The molecule has 3 heterocycles. The maximum Gasteiger partial charge on any atom is 0.263 e. The van der Waals surface area contributed by atoms with Gasteiger partial charge in [0.2, 0.25) is 5.91 Å². The zero-order valence-electron chi connectivity index (χ0n) is 20.7. The van der Waals surface area contributed by atoms with Crippen LogP contribution >= 0.6 is 0 Å². The number of benzene rings is 2. The van der Waals surface area contributed by atoms with Crippen LogP contribution in [0.2, 0.25) is 0 Å². The number of methoxy groups -OCH3 is 2. The molecule has 0 aliphatic carbocycles. The summed E-state index contributed by atoms with van der Waals surface area (Å²) < 4.78 is 16.2. The van der Waals surface area contributed by atoms with Crippen molar-refractivity contribution in [3.63, 3.8) is 0 Å². The maximum absolute atomic E-state index is 13.0. The SMILES string of the molecule is COc1ccc(OC)c(CNC(=O)C2CCN(c3ncnc4onc(-c5ccc(C)cc5)c34)CC2)c1. The third-order valence-corrected chi connectivity index (χ3v) is 6.68. The number of anilines is 1. The van der Waals surface area contributed by atoms with Crippen molar-refractivity contribution in [2.45, 2.75) is 26.3 Å². The van der Waals surface area contributed by atoms with Gasteiger partial charge >= 0.3 is 0 Å². The molecule has 186 valence electrons. The number of carbonyl (C=O) groups excluding carboxylic acids is 1. The van der Waals surface area contributed by atoms with Gasteiger partial charge in [-0.3, -0.25) is 4.79 Å². The largest absolute Gasteiger partial charge is 0.497 e. The van der Waals surface area contributed by atoms with Crippen LogP contribution in [0.25, 0.3) is 22.4 Å². The molecule has 0 saturated carbocycles. The Bertz CT molecular complexity index is 1360. The number of nitrogens with one attached hydrogen (secondary N) is 1. The van der Waals surface area contributed by atoms with Crippen LogP contribution in [-0.2, 0) is 11.3 Å². The van der Waals surface area contributed by atoms with Gasteiger partial charge in [-0.15, -0.1) is 0 Å². The Kier molecular flexibility index (Phi) is 6.71. The van der Waals surface area contributed by atoms with E-state index < -0.39 is 0 Å². The van der Waals surface area contributed by atoms with Gasteiger partial charge < -0.3 is 24.2 Å². The summed E-state index contributed by atoms with van der Waals surface area (Å²) in [7, 11) is 3.24. The van der Waals surface area contributed by atoms with Crippen LogP contribution in [0, 0.1) is 12.8 Å². The average Bonchev–Trinajstić information content (AvgIpc) is 3.36. The van der Waals surface area contributed by atoms with Gasteiger partial charge in [0, 0.05) is 36.7 Å². The highest BCUT2D eigenvalue weighted by molar-refractivity contribution is 5.98. The van der Waals surface area contributed by atoms with Crippen molar-refractivity contribution in [1.29, 1.82) is 0 Å². The van der Waals surface area contributed by atoms with E-state index in [9.17, 15) is 4.79 Å². The molecule has 9 heteroatoms.